The van der Waals surface area contributed by atoms with E-state index in [9.17, 15) is 0 Å². The third-order valence-corrected chi connectivity index (χ3v) is 1.73. The van der Waals surface area contributed by atoms with Crippen LogP contribution in [0.5, 0.6) is 0 Å². The lowest BCUT2D eigenvalue weighted by Crippen LogP contribution is -1.78. The monoisotopic (exact) mass is 158 g/mol. The Morgan fingerprint density at radius 1 is 1.50 bits per heavy atom. The Labute approximate surface area is 72.4 Å². The molecule has 1 aromatic carbocycles. The second-order valence-electron chi connectivity index (χ2n) is 2.96. The molecule has 1 heterocycles. The van der Waals surface area contributed by atoms with Crippen molar-refractivity contribution >= 4 is 0 Å². The molecule has 1 nitrogen and oxygen atoms in total. The molecule has 1 aliphatic heterocycles. The maximum absolute atomic E-state index is 4.99. The minimum absolute atomic E-state index is 0.200. The van der Waals surface area contributed by atoms with Crippen LogP contribution in [0.3, 0.4) is 0 Å². The quantitative estimate of drug-likeness (QED) is 0.414. The third-order valence-electron chi connectivity index (χ3n) is 1.73. The van der Waals surface area contributed by atoms with Crippen molar-refractivity contribution in [3.8, 4) is 11.8 Å². The number of ether oxygens (including phenoxy) is 1. The van der Waals surface area contributed by atoms with Gasteiger partial charge in [-0.15, -0.1) is 0 Å². The van der Waals surface area contributed by atoms with Crippen molar-refractivity contribution in [2.45, 2.75) is 13.0 Å². The van der Waals surface area contributed by atoms with Gasteiger partial charge in [0.2, 0.25) is 0 Å². The summed E-state index contributed by atoms with van der Waals surface area (Å²) in [6.07, 6.45) is 0.200. The van der Waals surface area contributed by atoms with Crippen molar-refractivity contribution in [1.29, 1.82) is 0 Å². The normalized spacial score (nSPS) is 19.6. The predicted molar refractivity (Wildman–Crippen MR) is 47.8 cm³/mol. The second-order valence-corrected chi connectivity index (χ2v) is 2.96. The summed E-state index contributed by atoms with van der Waals surface area (Å²) in [5, 5.41) is 0. The highest BCUT2D eigenvalue weighted by molar-refractivity contribution is 5.37. The van der Waals surface area contributed by atoms with Crippen molar-refractivity contribution in [3.05, 3.63) is 35.4 Å². The van der Waals surface area contributed by atoms with Crippen LogP contribution in [0.4, 0.5) is 0 Å². The Hall–Kier alpha value is -1.26. The zero-order valence-corrected chi connectivity index (χ0v) is 7.00. The van der Waals surface area contributed by atoms with Crippen LogP contribution in [0.1, 0.15) is 11.1 Å². The summed E-state index contributed by atoms with van der Waals surface area (Å²) in [6.45, 7) is 2.87. The van der Waals surface area contributed by atoms with Crippen LogP contribution in [-0.4, -0.2) is 12.7 Å². The highest BCUT2D eigenvalue weighted by atomic mass is 16.6. The molecule has 1 atom stereocenters. The van der Waals surface area contributed by atoms with Gasteiger partial charge in [0.25, 0.3) is 0 Å². The molecule has 0 radical (unpaired) electrons. The van der Waals surface area contributed by atoms with Gasteiger partial charge in [0, 0.05) is 5.56 Å². The predicted octanol–water partition coefficient (Wildman–Crippen LogP) is 1.75. The molecule has 1 unspecified atom stereocenters. The Morgan fingerprint density at radius 2 is 2.33 bits per heavy atom. The van der Waals surface area contributed by atoms with Gasteiger partial charge in [-0.3, -0.25) is 0 Å². The van der Waals surface area contributed by atoms with Crippen LogP contribution >= 0.6 is 0 Å². The van der Waals surface area contributed by atoms with Gasteiger partial charge >= 0.3 is 0 Å². The molecular formula is C11H10O. The molecule has 0 aliphatic carbocycles. The average Bonchev–Trinajstić information content (AvgIpc) is 2.84. The number of aryl methyl sites for hydroxylation is 1. The topological polar surface area (TPSA) is 12.5 Å². The van der Waals surface area contributed by atoms with Gasteiger partial charge in [-0.2, -0.15) is 0 Å². The van der Waals surface area contributed by atoms with E-state index in [-0.39, 0.29) is 6.10 Å². The Bertz CT molecular complexity index is 340. The molecule has 1 aromatic rings. The Balaban J connectivity index is 2.18. The van der Waals surface area contributed by atoms with E-state index in [0.29, 0.717) is 0 Å². The van der Waals surface area contributed by atoms with Crippen LogP contribution in [0.15, 0.2) is 24.3 Å². The summed E-state index contributed by atoms with van der Waals surface area (Å²) in [5.74, 6) is 6.10. The Morgan fingerprint density at radius 3 is 3.00 bits per heavy atom. The fourth-order valence-corrected chi connectivity index (χ4v) is 1.02. The van der Waals surface area contributed by atoms with Gasteiger partial charge in [0.15, 0.2) is 0 Å². The van der Waals surface area contributed by atoms with Crippen molar-refractivity contribution in [1.82, 2.24) is 0 Å². The lowest BCUT2D eigenvalue weighted by molar-refractivity contribution is 0.445. The minimum Gasteiger partial charge on any atom is -0.359 e. The standard InChI is InChI=1S/C11H10O/c1-9-3-2-4-10(7-9)5-6-11-8-12-11/h2-4,7,11H,8H2,1H3. The maximum Gasteiger partial charge on any atom is 0.142 e. The number of hydrogen-bond donors (Lipinski definition) is 0. The molecule has 60 valence electrons. The molecule has 1 heteroatoms. The number of benzene rings is 1. The summed E-state index contributed by atoms with van der Waals surface area (Å²) in [7, 11) is 0. The fourth-order valence-electron chi connectivity index (χ4n) is 1.02. The molecule has 0 N–H and O–H groups in total. The lowest BCUT2D eigenvalue weighted by atomic mass is 10.1. The number of hydrogen-bond acceptors (Lipinski definition) is 1. The number of rotatable bonds is 0. The summed E-state index contributed by atoms with van der Waals surface area (Å²) in [4.78, 5) is 0. The van der Waals surface area contributed by atoms with Gasteiger partial charge in [-0.25, -0.2) is 0 Å². The smallest absolute Gasteiger partial charge is 0.142 e. The zero-order valence-electron chi connectivity index (χ0n) is 7.00. The SMILES string of the molecule is Cc1cccc(C#CC2CO2)c1. The van der Waals surface area contributed by atoms with Crippen LogP contribution in [0.25, 0.3) is 0 Å². The van der Waals surface area contributed by atoms with Crippen molar-refractivity contribution < 1.29 is 4.74 Å². The fraction of sp³-hybridized carbons (Fsp3) is 0.273. The molecule has 0 bridgehead atoms. The molecule has 0 amide bonds. The summed E-state index contributed by atoms with van der Waals surface area (Å²) >= 11 is 0. The molecular weight excluding hydrogens is 148 g/mol. The molecule has 1 aliphatic rings. The lowest BCUT2D eigenvalue weighted by Gasteiger charge is -1.91. The first-order valence-corrected chi connectivity index (χ1v) is 4.04. The van der Waals surface area contributed by atoms with E-state index < -0.39 is 0 Å². The zero-order chi connectivity index (χ0) is 8.39. The van der Waals surface area contributed by atoms with Gasteiger partial charge < -0.3 is 4.74 Å². The van der Waals surface area contributed by atoms with Gasteiger partial charge in [0.05, 0.1) is 6.61 Å². The van der Waals surface area contributed by atoms with E-state index in [0.717, 1.165) is 12.2 Å². The van der Waals surface area contributed by atoms with Gasteiger partial charge in [-0.1, -0.05) is 24.0 Å². The van der Waals surface area contributed by atoms with E-state index in [4.69, 9.17) is 4.74 Å². The van der Waals surface area contributed by atoms with E-state index in [1.54, 1.807) is 0 Å². The minimum atomic E-state index is 0.200. The Kier molecular flexibility index (Phi) is 1.85. The average molecular weight is 158 g/mol. The summed E-state index contributed by atoms with van der Waals surface area (Å²) in [5.41, 5.74) is 2.32. The molecule has 2 rings (SSSR count). The maximum atomic E-state index is 4.99. The molecule has 1 fully saturated rings. The van der Waals surface area contributed by atoms with E-state index in [2.05, 4.69) is 30.9 Å². The molecule has 0 aromatic heterocycles. The highest BCUT2D eigenvalue weighted by Gasteiger charge is 2.18. The molecule has 0 spiro atoms. The second kappa shape index (κ2) is 3.00. The summed E-state index contributed by atoms with van der Waals surface area (Å²) in [6, 6.07) is 8.18. The van der Waals surface area contributed by atoms with E-state index in [1.807, 2.05) is 12.1 Å². The van der Waals surface area contributed by atoms with Crippen molar-refractivity contribution in [2.75, 3.05) is 6.61 Å². The molecule has 1 saturated heterocycles. The highest BCUT2D eigenvalue weighted by Crippen LogP contribution is 2.07. The van der Waals surface area contributed by atoms with Crippen LogP contribution in [0.2, 0.25) is 0 Å². The largest absolute Gasteiger partial charge is 0.359 e. The van der Waals surface area contributed by atoms with Crippen LogP contribution < -0.4 is 0 Å². The number of epoxide rings is 1. The first-order chi connectivity index (χ1) is 5.84. The van der Waals surface area contributed by atoms with Crippen molar-refractivity contribution in [3.63, 3.8) is 0 Å². The van der Waals surface area contributed by atoms with E-state index in [1.165, 1.54) is 5.56 Å². The van der Waals surface area contributed by atoms with Gasteiger partial charge in [-0.05, 0) is 24.6 Å². The first kappa shape index (κ1) is 7.39. The molecule has 0 saturated carbocycles. The summed E-state index contributed by atoms with van der Waals surface area (Å²) < 4.78 is 4.99. The first-order valence-electron chi connectivity index (χ1n) is 4.04. The van der Waals surface area contributed by atoms with Crippen LogP contribution in [-0.2, 0) is 4.74 Å². The molecule has 12 heavy (non-hydrogen) atoms. The van der Waals surface area contributed by atoms with E-state index >= 15 is 0 Å². The van der Waals surface area contributed by atoms with Crippen LogP contribution in [0, 0.1) is 18.8 Å². The third kappa shape index (κ3) is 1.87. The van der Waals surface area contributed by atoms with Crippen molar-refractivity contribution in [2.24, 2.45) is 0 Å². The van der Waals surface area contributed by atoms with Gasteiger partial charge in [0.1, 0.15) is 6.10 Å².